The molecule has 0 aliphatic rings. The molecule has 4 aromatic carbocycles. The van der Waals surface area contributed by atoms with E-state index >= 15 is 4.39 Å². The lowest BCUT2D eigenvalue weighted by Crippen LogP contribution is -2.45. The number of hydrogen-bond acceptors (Lipinski definition) is 5. The molecule has 1 N–H and O–H groups in total. The van der Waals surface area contributed by atoms with Crippen LogP contribution in [0.4, 0.5) is 10.1 Å². The predicted molar refractivity (Wildman–Crippen MR) is 150 cm³/mol. The minimum atomic E-state index is -1.34. The molecule has 1 atom stereocenters. The number of benzene rings is 4. The van der Waals surface area contributed by atoms with Gasteiger partial charge in [0, 0.05) is 12.1 Å². The lowest BCUT2D eigenvalue weighted by Gasteiger charge is -2.32. The summed E-state index contributed by atoms with van der Waals surface area (Å²) in [7, 11) is 0. The molecule has 1 aromatic heterocycles. The quantitative estimate of drug-likeness (QED) is 0.269. The Kier molecular flexibility index (Phi) is 8.10. The molecule has 202 valence electrons. The van der Waals surface area contributed by atoms with Crippen LogP contribution in [0.15, 0.2) is 103 Å². The third kappa shape index (κ3) is 5.68. The highest BCUT2D eigenvalue weighted by Gasteiger charge is 2.36. The molecule has 0 unspecified atom stereocenters. The van der Waals surface area contributed by atoms with Crippen LogP contribution in [0.2, 0.25) is 0 Å². The third-order valence-corrected chi connectivity index (χ3v) is 6.41. The number of rotatable bonds is 10. The topological polar surface area (TPSA) is 89.3 Å². The predicted octanol–water partition coefficient (Wildman–Crippen LogP) is 5.06. The second kappa shape index (κ2) is 12.2. The van der Waals surface area contributed by atoms with Gasteiger partial charge in [-0.3, -0.25) is 14.5 Å². The molecule has 9 heteroatoms. The molecule has 0 saturated carbocycles. The van der Waals surface area contributed by atoms with Crippen LogP contribution in [0.25, 0.3) is 11.0 Å². The van der Waals surface area contributed by atoms with E-state index in [1.54, 1.807) is 42.5 Å². The van der Waals surface area contributed by atoms with Gasteiger partial charge in [0.25, 0.3) is 0 Å². The number of fused-ring (bicyclic) bond motifs is 1. The lowest BCUT2D eigenvalue weighted by molar-refractivity contribution is -0.127. The van der Waals surface area contributed by atoms with Crippen LogP contribution in [-0.2, 0) is 22.7 Å². The number of anilines is 1. The molecule has 0 aliphatic carbocycles. The second-order valence-corrected chi connectivity index (χ2v) is 9.03. The van der Waals surface area contributed by atoms with E-state index in [0.29, 0.717) is 29.1 Å². The van der Waals surface area contributed by atoms with Crippen LogP contribution < -0.4 is 15.0 Å². The highest BCUT2D eigenvalue weighted by Crippen LogP contribution is 2.36. The van der Waals surface area contributed by atoms with Crippen molar-refractivity contribution in [1.29, 1.82) is 0 Å². The molecule has 5 rings (SSSR count). The smallest absolute Gasteiger partial charge is 0.249 e. The Labute approximate surface area is 231 Å². The number of carbonyl (C=O) groups excluding carboxylic acids is 2. The second-order valence-electron chi connectivity index (χ2n) is 9.03. The fourth-order valence-electron chi connectivity index (χ4n) is 4.57. The Balaban J connectivity index is 1.60. The van der Waals surface area contributed by atoms with Crippen LogP contribution in [0.1, 0.15) is 24.1 Å². The third-order valence-electron chi connectivity index (χ3n) is 6.41. The number of amides is 2. The standard InChI is InChI=1S/C31H28FN5O3/c1-2-40-28-19-11-10-18-27(28)37(29(38)21-36-26-17-9-8-16-25(26)34-35-36)30(23-14-6-7-15-24(23)32)31(39)33-20-22-12-4-3-5-13-22/h3-19,30H,2,20-21H2,1H3,(H,33,39)/t30-/m0/s1. The van der Waals surface area contributed by atoms with Crippen molar-refractivity contribution in [2.45, 2.75) is 26.1 Å². The zero-order chi connectivity index (χ0) is 27.9. The van der Waals surface area contributed by atoms with Crippen LogP contribution in [0, 0.1) is 5.82 Å². The number of nitrogens with one attached hydrogen (secondary N) is 1. The maximum atomic E-state index is 15.4. The summed E-state index contributed by atoms with van der Waals surface area (Å²) >= 11 is 0. The van der Waals surface area contributed by atoms with Gasteiger partial charge in [0.1, 0.15) is 29.7 Å². The number of carbonyl (C=O) groups is 2. The summed E-state index contributed by atoms with van der Waals surface area (Å²) in [5.41, 5.74) is 2.54. The Hall–Kier alpha value is -5.05. The minimum absolute atomic E-state index is 0.0520. The van der Waals surface area contributed by atoms with Crippen molar-refractivity contribution in [1.82, 2.24) is 20.3 Å². The number of hydrogen-bond donors (Lipinski definition) is 1. The molecule has 0 bridgehead atoms. The molecule has 5 aromatic rings. The summed E-state index contributed by atoms with van der Waals surface area (Å²) in [5, 5.41) is 11.2. The van der Waals surface area contributed by atoms with E-state index in [0.717, 1.165) is 5.56 Å². The summed E-state index contributed by atoms with van der Waals surface area (Å²) in [6, 6.07) is 28.2. The van der Waals surface area contributed by atoms with Gasteiger partial charge in [0.15, 0.2) is 0 Å². The molecule has 8 nitrogen and oxygen atoms in total. The Morgan fingerprint density at radius 1 is 0.925 bits per heavy atom. The molecule has 0 spiro atoms. The number of halogens is 1. The molecular weight excluding hydrogens is 509 g/mol. The fraction of sp³-hybridized carbons (Fsp3) is 0.161. The molecule has 0 saturated heterocycles. The van der Waals surface area contributed by atoms with Crippen molar-refractivity contribution in [2.24, 2.45) is 0 Å². The van der Waals surface area contributed by atoms with E-state index in [2.05, 4.69) is 15.6 Å². The first-order chi connectivity index (χ1) is 19.6. The summed E-state index contributed by atoms with van der Waals surface area (Å²) in [6.07, 6.45) is 0. The van der Waals surface area contributed by atoms with E-state index in [-0.39, 0.29) is 18.7 Å². The highest BCUT2D eigenvalue weighted by molar-refractivity contribution is 6.02. The summed E-state index contributed by atoms with van der Waals surface area (Å²) < 4.78 is 22.7. The van der Waals surface area contributed by atoms with Gasteiger partial charge in [-0.05, 0) is 42.8 Å². The van der Waals surface area contributed by atoms with Crippen molar-refractivity contribution < 1.29 is 18.7 Å². The van der Waals surface area contributed by atoms with Crippen LogP contribution in [-0.4, -0.2) is 33.4 Å². The van der Waals surface area contributed by atoms with Gasteiger partial charge in [-0.25, -0.2) is 9.07 Å². The number of aromatic nitrogens is 3. The van der Waals surface area contributed by atoms with Crippen LogP contribution >= 0.6 is 0 Å². The van der Waals surface area contributed by atoms with Gasteiger partial charge in [-0.2, -0.15) is 0 Å². The zero-order valence-corrected chi connectivity index (χ0v) is 21.9. The van der Waals surface area contributed by atoms with Gasteiger partial charge in [0.2, 0.25) is 11.8 Å². The Morgan fingerprint density at radius 2 is 1.62 bits per heavy atom. The molecule has 0 radical (unpaired) electrons. The number of ether oxygens (including phenoxy) is 1. The summed E-state index contributed by atoms with van der Waals surface area (Å²) in [5.74, 6) is -1.26. The lowest BCUT2D eigenvalue weighted by atomic mass is 10.0. The molecule has 0 fully saturated rings. The van der Waals surface area contributed by atoms with Gasteiger partial charge < -0.3 is 10.1 Å². The first kappa shape index (κ1) is 26.6. The van der Waals surface area contributed by atoms with E-state index in [1.165, 1.54) is 21.7 Å². The van der Waals surface area contributed by atoms with Crippen LogP contribution in [0.3, 0.4) is 0 Å². The van der Waals surface area contributed by atoms with Gasteiger partial charge in [0.05, 0.1) is 17.8 Å². The molecular formula is C31H28FN5O3. The van der Waals surface area contributed by atoms with Gasteiger partial charge in [-0.1, -0.05) is 78.0 Å². The van der Waals surface area contributed by atoms with Gasteiger partial charge >= 0.3 is 0 Å². The van der Waals surface area contributed by atoms with Gasteiger partial charge in [-0.15, -0.1) is 5.10 Å². The molecule has 40 heavy (non-hydrogen) atoms. The maximum Gasteiger partial charge on any atom is 0.249 e. The SMILES string of the molecule is CCOc1ccccc1N(C(=O)Cn1nnc2ccccc21)[C@H](C(=O)NCc1ccccc1)c1ccccc1F. The largest absolute Gasteiger partial charge is 0.492 e. The molecule has 1 heterocycles. The number of nitrogens with zero attached hydrogens (tertiary/aromatic N) is 4. The first-order valence-electron chi connectivity index (χ1n) is 12.9. The monoisotopic (exact) mass is 537 g/mol. The van der Waals surface area contributed by atoms with E-state index in [1.807, 2.05) is 55.5 Å². The van der Waals surface area contributed by atoms with Crippen molar-refractivity contribution in [3.63, 3.8) is 0 Å². The molecule has 2 amide bonds. The van der Waals surface area contributed by atoms with Crippen molar-refractivity contribution in [3.8, 4) is 5.75 Å². The maximum absolute atomic E-state index is 15.4. The fourth-order valence-corrected chi connectivity index (χ4v) is 4.57. The summed E-state index contributed by atoms with van der Waals surface area (Å²) in [6.45, 7) is 2.12. The average molecular weight is 538 g/mol. The van der Waals surface area contributed by atoms with Crippen molar-refractivity contribution in [2.75, 3.05) is 11.5 Å². The normalized spacial score (nSPS) is 11.7. The van der Waals surface area contributed by atoms with Crippen LogP contribution in [0.5, 0.6) is 5.75 Å². The van der Waals surface area contributed by atoms with Crippen molar-refractivity contribution in [3.05, 3.63) is 120 Å². The number of para-hydroxylation sites is 3. The van der Waals surface area contributed by atoms with E-state index < -0.39 is 23.7 Å². The summed E-state index contributed by atoms with van der Waals surface area (Å²) in [4.78, 5) is 29.4. The minimum Gasteiger partial charge on any atom is -0.492 e. The van der Waals surface area contributed by atoms with Crippen molar-refractivity contribution >= 4 is 28.5 Å². The Bertz CT molecular complexity index is 1620. The average Bonchev–Trinajstić information content (AvgIpc) is 3.39. The molecule has 0 aliphatic heterocycles. The van der Waals surface area contributed by atoms with E-state index in [9.17, 15) is 9.59 Å². The Morgan fingerprint density at radius 3 is 2.42 bits per heavy atom. The van der Waals surface area contributed by atoms with E-state index in [4.69, 9.17) is 4.74 Å². The highest BCUT2D eigenvalue weighted by atomic mass is 19.1. The first-order valence-corrected chi connectivity index (χ1v) is 12.9. The zero-order valence-electron chi connectivity index (χ0n) is 21.9.